The van der Waals surface area contributed by atoms with Crippen LogP contribution in [0.1, 0.15) is 32.0 Å². The van der Waals surface area contributed by atoms with E-state index in [1.165, 1.54) is 23.9 Å². The Bertz CT molecular complexity index is 1660. The number of ether oxygens (including phenoxy) is 1. The second-order valence-corrected chi connectivity index (χ2v) is 10.4. The lowest BCUT2D eigenvalue weighted by Crippen LogP contribution is -2.16. The number of halogens is 2. The minimum Gasteiger partial charge on any atom is -0.480 e. The largest absolute Gasteiger partial charge is 0.480 e. The van der Waals surface area contributed by atoms with E-state index >= 15 is 0 Å². The van der Waals surface area contributed by atoms with Crippen molar-refractivity contribution >= 4 is 21.4 Å². The third-order valence-corrected chi connectivity index (χ3v) is 7.66. The van der Waals surface area contributed by atoms with Gasteiger partial charge in [-0.1, -0.05) is 19.3 Å². The molecule has 190 valence electrons. The van der Waals surface area contributed by atoms with Crippen molar-refractivity contribution in [1.29, 1.82) is 0 Å². The highest BCUT2D eigenvalue weighted by Crippen LogP contribution is 2.31. The molecule has 9 nitrogen and oxygen atoms in total. The highest BCUT2D eigenvalue weighted by molar-refractivity contribution is 7.92. The fourth-order valence-corrected chi connectivity index (χ4v) is 5.37. The summed E-state index contributed by atoms with van der Waals surface area (Å²) in [6.45, 7) is 2.19. The number of nitrogens with zero attached hydrogens (tertiary/aromatic N) is 5. The molecule has 1 aliphatic carbocycles. The third-order valence-electron chi connectivity index (χ3n) is 6.26. The van der Waals surface area contributed by atoms with Gasteiger partial charge in [-0.15, -0.1) is 10.2 Å². The first-order valence-electron chi connectivity index (χ1n) is 11.5. The van der Waals surface area contributed by atoms with Gasteiger partial charge in [0.1, 0.15) is 22.2 Å². The SMILES string of the molecule is COc1ncc(-c2ccc3nnc(C#CC4CCCC4C)n3n2)cc1NS(=O)(=O)c1ccc(F)cc1F. The normalized spacial score (nSPS) is 17.4. The molecule has 0 bridgehead atoms. The van der Waals surface area contributed by atoms with Gasteiger partial charge in [-0.3, -0.25) is 4.72 Å². The first-order valence-corrected chi connectivity index (χ1v) is 13.0. The van der Waals surface area contributed by atoms with Crippen molar-refractivity contribution in [2.24, 2.45) is 11.8 Å². The molecular formula is C25H22F2N6O3S. The molecule has 1 aliphatic rings. The number of rotatable bonds is 5. The Kier molecular flexibility index (Phi) is 6.47. The molecule has 0 saturated heterocycles. The molecule has 3 aromatic heterocycles. The van der Waals surface area contributed by atoms with Crippen LogP contribution in [0.4, 0.5) is 14.5 Å². The summed E-state index contributed by atoms with van der Waals surface area (Å²) in [5.74, 6) is 5.45. The van der Waals surface area contributed by atoms with Gasteiger partial charge in [0.15, 0.2) is 5.65 Å². The van der Waals surface area contributed by atoms with Gasteiger partial charge in [0.25, 0.3) is 10.0 Å². The maximum atomic E-state index is 14.2. The molecular weight excluding hydrogens is 502 g/mol. The van der Waals surface area contributed by atoms with Gasteiger partial charge in [-0.2, -0.15) is 9.61 Å². The standard InChI is InChI=1S/C25H22F2N6O3S/c1-15-4-3-5-16(15)6-10-23-29-30-24-11-8-20(31-33(23)24)17-12-21(25(36-2)28-14-17)32-37(34,35)22-9-7-18(26)13-19(22)27/h7-9,11-16,32H,3-5H2,1-2H3. The molecule has 1 N–H and O–H groups in total. The van der Waals surface area contributed by atoms with Crippen molar-refractivity contribution in [2.75, 3.05) is 11.8 Å². The summed E-state index contributed by atoms with van der Waals surface area (Å²) >= 11 is 0. The smallest absolute Gasteiger partial charge is 0.264 e. The van der Waals surface area contributed by atoms with E-state index < -0.39 is 26.6 Å². The maximum absolute atomic E-state index is 14.2. The quantitative estimate of drug-likeness (QED) is 0.392. The third kappa shape index (κ3) is 4.95. The van der Waals surface area contributed by atoms with E-state index in [1.807, 2.05) is 0 Å². The minimum absolute atomic E-state index is 0.0440. The Morgan fingerprint density at radius 1 is 1.14 bits per heavy atom. The van der Waals surface area contributed by atoms with Crippen LogP contribution in [0, 0.1) is 35.3 Å². The van der Waals surface area contributed by atoms with Crippen molar-refractivity contribution < 1.29 is 21.9 Å². The van der Waals surface area contributed by atoms with Gasteiger partial charge >= 0.3 is 0 Å². The van der Waals surface area contributed by atoms with E-state index in [2.05, 4.69) is 43.8 Å². The predicted molar refractivity (Wildman–Crippen MR) is 131 cm³/mol. The Morgan fingerprint density at radius 2 is 1.97 bits per heavy atom. The van der Waals surface area contributed by atoms with Crippen molar-refractivity contribution in [3.8, 4) is 29.0 Å². The van der Waals surface area contributed by atoms with E-state index in [1.54, 1.807) is 12.1 Å². The van der Waals surface area contributed by atoms with E-state index in [4.69, 9.17) is 4.74 Å². The predicted octanol–water partition coefficient (Wildman–Crippen LogP) is 4.06. The second kappa shape index (κ2) is 9.74. The molecule has 0 aliphatic heterocycles. The molecule has 37 heavy (non-hydrogen) atoms. The molecule has 2 unspecified atom stereocenters. The molecule has 1 aromatic carbocycles. The van der Waals surface area contributed by atoms with Crippen LogP contribution in [0.15, 0.2) is 47.5 Å². The van der Waals surface area contributed by atoms with Crippen molar-refractivity contribution in [3.63, 3.8) is 0 Å². The average Bonchev–Trinajstić information content (AvgIpc) is 3.47. The zero-order chi connectivity index (χ0) is 26.2. The zero-order valence-electron chi connectivity index (χ0n) is 19.9. The Balaban J connectivity index is 1.50. The van der Waals surface area contributed by atoms with E-state index in [0.29, 0.717) is 40.6 Å². The molecule has 2 atom stereocenters. The molecule has 4 aromatic rings. The number of hydrogen-bond donors (Lipinski definition) is 1. The Labute approximate surface area is 212 Å². The first-order chi connectivity index (χ1) is 17.7. The van der Waals surface area contributed by atoms with Crippen LogP contribution in [-0.4, -0.2) is 40.3 Å². The maximum Gasteiger partial charge on any atom is 0.264 e. The van der Waals surface area contributed by atoms with Crippen LogP contribution >= 0.6 is 0 Å². The van der Waals surface area contributed by atoms with Crippen LogP contribution in [0.25, 0.3) is 16.9 Å². The summed E-state index contributed by atoms with van der Waals surface area (Å²) in [6, 6.07) is 7.03. The number of nitrogens with one attached hydrogen (secondary N) is 1. The lowest BCUT2D eigenvalue weighted by atomic mass is 9.99. The van der Waals surface area contributed by atoms with Gasteiger partial charge in [-0.25, -0.2) is 22.2 Å². The summed E-state index contributed by atoms with van der Waals surface area (Å²) in [6.07, 6.45) is 4.83. The summed E-state index contributed by atoms with van der Waals surface area (Å²) < 4.78 is 62.1. The van der Waals surface area contributed by atoms with Gasteiger partial charge in [0.05, 0.1) is 12.8 Å². The highest BCUT2D eigenvalue weighted by atomic mass is 32.2. The molecule has 0 spiro atoms. The lowest BCUT2D eigenvalue weighted by molar-refractivity contribution is 0.400. The Hall–Kier alpha value is -4.11. The van der Waals surface area contributed by atoms with E-state index in [9.17, 15) is 17.2 Å². The van der Waals surface area contributed by atoms with Crippen molar-refractivity contribution in [3.05, 3.63) is 60.1 Å². The summed E-state index contributed by atoms with van der Waals surface area (Å²) in [5.41, 5.74) is 1.33. The van der Waals surface area contributed by atoms with Crippen LogP contribution in [0.5, 0.6) is 5.88 Å². The van der Waals surface area contributed by atoms with Gasteiger partial charge < -0.3 is 4.74 Å². The van der Waals surface area contributed by atoms with Gasteiger partial charge in [0, 0.05) is 23.7 Å². The minimum atomic E-state index is -4.42. The number of hydrogen-bond acceptors (Lipinski definition) is 7. The number of anilines is 1. The Morgan fingerprint density at radius 3 is 2.70 bits per heavy atom. The molecule has 1 saturated carbocycles. The number of benzene rings is 1. The van der Waals surface area contributed by atoms with Crippen LogP contribution in [-0.2, 0) is 10.0 Å². The number of fused-ring (bicyclic) bond motifs is 1. The highest BCUT2D eigenvalue weighted by Gasteiger charge is 2.23. The van der Waals surface area contributed by atoms with Crippen LogP contribution < -0.4 is 9.46 Å². The number of pyridine rings is 1. The fourth-order valence-electron chi connectivity index (χ4n) is 4.26. The zero-order valence-corrected chi connectivity index (χ0v) is 20.8. The summed E-state index contributed by atoms with van der Waals surface area (Å²) in [5, 5.41) is 12.8. The van der Waals surface area contributed by atoms with Gasteiger partial charge in [0.2, 0.25) is 11.7 Å². The summed E-state index contributed by atoms with van der Waals surface area (Å²) in [7, 11) is -3.11. The van der Waals surface area contributed by atoms with E-state index in [-0.39, 0.29) is 11.6 Å². The topological polar surface area (TPSA) is 111 Å². The monoisotopic (exact) mass is 524 g/mol. The number of sulfonamides is 1. The number of aromatic nitrogens is 5. The van der Waals surface area contributed by atoms with E-state index in [0.717, 1.165) is 31.4 Å². The first kappa shape index (κ1) is 24.6. The average molecular weight is 525 g/mol. The molecule has 5 rings (SSSR count). The second-order valence-electron chi connectivity index (χ2n) is 8.76. The number of methoxy groups -OCH3 is 1. The lowest BCUT2D eigenvalue weighted by Gasteiger charge is -2.13. The molecule has 1 fully saturated rings. The molecule has 0 radical (unpaired) electrons. The molecule has 3 heterocycles. The van der Waals surface area contributed by atoms with Gasteiger partial charge in [-0.05, 0) is 55.0 Å². The van der Waals surface area contributed by atoms with Crippen LogP contribution in [0.2, 0.25) is 0 Å². The summed E-state index contributed by atoms with van der Waals surface area (Å²) in [4.78, 5) is 3.45. The fraction of sp³-hybridized carbons (Fsp3) is 0.280. The van der Waals surface area contributed by atoms with Crippen LogP contribution in [0.3, 0.4) is 0 Å². The van der Waals surface area contributed by atoms with Crippen molar-refractivity contribution in [1.82, 2.24) is 24.8 Å². The van der Waals surface area contributed by atoms with Crippen molar-refractivity contribution in [2.45, 2.75) is 31.1 Å². The molecule has 0 amide bonds. The molecule has 12 heteroatoms.